The summed E-state index contributed by atoms with van der Waals surface area (Å²) in [6, 6.07) is 17.9. The Morgan fingerprint density at radius 1 is 0.971 bits per heavy atom. The van der Waals surface area contributed by atoms with Crippen molar-refractivity contribution in [3.63, 3.8) is 0 Å². The van der Waals surface area contributed by atoms with Crippen molar-refractivity contribution in [2.24, 2.45) is 10.2 Å². The van der Waals surface area contributed by atoms with E-state index >= 15 is 0 Å². The predicted octanol–water partition coefficient (Wildman–Crippen LogP) is 5.87. The number of urea groups is 1. The zero-order valence-corrected chi connectivity index (χ0v) is 19.2. The van der Waals surface area contributed by atoms with Gasteiger partial charge in [0, 0.05) is 21.8 Å². The molecule has 0 unspecified atom stereocenters. The Hall–Kier alpha value is -4.57. The molecule has 0 aliphatic carbocycles. The normalized spacial score (nSPS) is 10.9. The van der Waals surface area contributed by atoms with E-state index in [2.05, 4.69) is 25.8 Å². The molecule has 1 heterocycles. The maximum Gasteiger partial charge on any atom is 0.323 e. The van der Waals surface area contributed by atoms with Crippen LogP contribution in [0, 0.1) is 0 Å². The number of H-pyrrole nitrogens is 1. The quantitative estimate of drug-likeness (QED) is 0.238. The number of benzene rings is 3. The molecule has 0 fully saturated rings. The number of carbonyl (C=O) groups is 2. The highest BCUT2D eigenvalue weighted by atomic mass is 35.5. The van der Waals surface area contributed by atoms with Crippen molar-refractivity contribution in [3.8, 4) is 17.4 Å². The van der Waals surface area contributed by atoms with Crippen LogP contribution in [0.3, 0.4) is 0 Å². The van der Waals surface area contributed by atoms with Gasteiger partial charge in [-0.3, -0.25) is 4.79 Å². The van der Waals surface area contributed by atoms with Gasteiger partial charge in [-0.25, -0.2) is 4.79 Å². The Bertz CT molecular complexity index is 1380. The molecule has 35 heavy (non-hydrogen) atoms. The van der Waals surface area contributed by atoms with Gasteiger partial charge < -0.3 is 30.2 Å². The number of methoxy groups -OCH3 is 1. The first kappa shape index (κ1) is 23.6. The smallest absolute Gasteiger partial charge is 0.323 e. The van der Waals surface area contributed by atoms with Crippen LogP contribution in [-0.2, 0) is 4.79 Å². The Morgan fingerprint density at radius 2 is 1.60 bits per heavy atom. The third-order valence-corrected chi connectivity index (χ3v) is 5.03. The highest BCUT2D eigenvalue weighted by Gasteiger charge is 2.12. The number of aromatic amines is 1. The number of ether oxygens (including phenoxy) is 2. The number of rotatable bonds is 7. The van der Waals surface area contributed by atoms with E-state index in [1.807, 2.05) is 0 Å². The lowest BCUT2D eigenvalue weighted by molar-refractivity contribution is -0.120. The molecule has 4 rings (SSSR count). The van der Waals surface area contributed by atoms with E-state index in [-0.39, 0.29) is 18.2 Å². The van der Waals surface area contributed by atoms with Crippen molar-refractivity contribution in [1.29, 1.82) is 0 Å². The fourth-order valence-electron chi connectivity index (χ4n) is 3.12. The van der Waals surface area contributed by atoms with Crippen molar-refractivity contribution < 1.29 is 24.2 Å². The Kier molecular flexibility index (Phi) is 7.12. The predicted molar refractivity (Wildman–Crippen MR) is 132 cm³/mol. The lowest BCUT2D eigenvalue weighted by Crippen LogP contribution is -2.19. The topological polar surface area (TPSA) is 137 Å². The average molecular weight is 494 g/mol. The molecule has 0 saturated heterocycles. The average Bonchev–Trinajstić information content (AvgIpc) is 3.16. The molecule has 0 aliphatic heterocycles. The van der Waals surface area contributed by atoms with Crippen LogP contribution in [0.4, 0.5) is 21.9 Å². The van der Waals surface area contributed by atoms with E-state index in [0.717, 1.165) is 0 Å². The minimum atomic E-state index is -0.651. The molecule has 3 aromatic carbocycles. The molecule has 3 amide bonds. The number of carbonyl (C=O) groups excluding carboxylic acids is 2. The first-order valence-electron chi connectivity index (χ1n) is 10.3. The summed E-state index contributed by atoms with van der Waals surface area (Å²) < 4.78 is 10.5. The van der Waals surface area contributed by atoms with Crippen molar-refractivity contribution in [3.05, 3.63) is 71.8 Å². The summed E-state index contributed by atoms with van der Waals surface area (Å²) in [5.41, 5.74) is 1.86. The van der Waals surface area contributed by atoms with Crippen molar-refractivity contribution >= 4 is 51.5 Å². The number of amides is 3. The molecule has 0 atom stereocenters. The lowest BCUT2D eigenvalue weighted by atomic mass is 10.2. The molecule has 4 aromatic rings. The monoisotopic (exact) mass is 493 g/mol. The summed E-state index contributed by atoms with van der Waals surface area (Å²) in [6.45, 7) is -0.363. The molecule has 11 heteroatoms. The van der Waals surface area contributed by atoms with Gasteiger partial charge in [-0.05, 0) is 66.7 Å². The lowest BCUT2D eigenvalue weighted by Gasteiger charge is -2.09. The number of halogens is 1. The molecule has 4 N–H and O–H groups in total. The summed E-state index contributed by atoms with van der Waals surface area (Å²) in [7, 11) is 1.57. The maximum absolute atomic E-state index is 12.2. The third kappa shape index (κ3) is 6.06. The van der Waals surface area contributed by atoms with Crippen LogP contribution >= 0.6 is 11.6 Å². The molecular formula is C24H20ClN5O5. The largest absolute Gasteiger partial charge is 0.497 e. The minimum absolute atomic E-state index is 0.110. The van der Waals surface area contributed by atoms with E-state index in [1.165, 1.54) is 0 Å². The number of nitrogens with one attached hydrogen (secondary N) is 3. The fraction of sp³-hybridized carbons (Fsp3) is 0.0833. The summed E-state index contributed by atoms with van der Waals surface area (Å²) >= 11 is 5.98. The molecule has 0 aliphatic rings. The summed E-state index contributed by atoms with van der Waals surface area (Å²) in [4.78, 5) is 27.0. The van der Waals surface area contributed by atoms with Crippen LogP contribution in [0.15, 0.2) is 77.0 Å². The highest BCUT2D eigenvalue weighted by molar-refractivity contribution is 6.31. The molecular weight excluding hydrogens is 474 g/mol. The van der Waals surface area contributed by atoms with Gasteiger partial charge in [-0.15, -0.1) is 10.2 Å². The van der Waals surface area contributed by atoms with Gasteiger partial charge in [0.25, 0.3) is 0 Å². The number of aromatic hydroxyl groups is 1. The van der Waals surface area contributed by atoms with Gasteiger partial charge in [0.2, 0.25) is 5.88 Å². The summed E-state index contributed by atoms with van der Waals surface area (Å²) in [5.74, 6) is 0.213. The second kappa shape index (κ2) is 10.6. The van der Waals surface area contributed by atoms with Crippen molar-refractivity contribution in [1.82, 2.24) is 4.98 Å². The number of azo groups is 1. The van der Waals surface area contributed by atoms with Gasteiger partial charge in [0.15, 0.2) is 12.3 Å². The SMILES string of the molecule is COc1ccc(NC(=O)Nc2ccc(OCC(=O)N=Nc3c(O)[nH]c4ccc(Cl)cc34)cc2)cc1. The molecule has 0 bridgehead atoms. The Labute approximate surface area is 204 Å². The number of fused-ring (bicyclic) bond motifs is 1. The standard InChI is InChI=1S/C24H20ClN5O5/c1-34-17-7-3-15(4-8-17)26-24(33)27-16-5-9-18(10-6-16)35-13-21(31)29-30-22-19-12-14(25)2-11-20(19)28-23(22)32/h2-12,28,32H,13H2,1H3,(H2,26,27,33). The molecule has 0 spiro atoms. The van der Waals surface area contributed by atoms with Crippen LogP contribution in [-0.4, -0.2) is 35.7 Å². The van der Waals surface area contributed by atoms with Gasteiger partial charge in [-0.2, -0.15) is 0 Å². The second-order valence-electron chi connectivity index (χ2n) is 7.23. The van der Waals surface area contributed by atoms with Crippen LogP contribution < -0.4 is 20.1 Å². The molecule has 0 saturated carbocycles. The number of hydrogen-bond acceptors (Lipinski definition) is 6. The number of aromatic nitrogens is 1. The van der Waals surface area contributed by atoms with Crippen LogP contribution in [0.2, 0.25) is 5.02 Å². The van der Waals surface area contributed by atoms with E-state index in [0.29, 0.717) is 38.8 Å². The van der Waals surface area contributed by atoms with E-state index < -0.39 is 11.9 Å². The van der Waals surface area contributed by atoms with E-state index in [1.54, 1.807) is 73.8 Å². The second-order valence-corrected chi connectivity index (χ2v) is 7.66. The number of anilines is 2. The van der Waals surface area contributed by atoms with E-state index in [9.17, 15) is 14.7 Å². The number of hydrogen-bond donors (Lipinski definition) is 4. The van der Waals surface area contributed by atoms with E-state index in [4.69, 9.17) is 21.1 Å². The minimum Gasteiger partial charge on any atom is -0.497 e. The van der Waals surface area contributed by atoms with Crippen molar-refractivity contribution in [2.45, 2.75) is 0 Å². The van der Waals surface area contributed by atoms with Gasteiger partial charge in [0.1, 0.15) is 11.5 Å². The van der Waals surface area contributed by atoms with Gasteiger partial charge >= 0.3 is 11.9 Å². The summed E-state index contributed by atoms with van der Waals surface area (Å²) in [5, 5.41) is 23.8. The van der Waals surface area contributed by atoms with Crippen LogP contribution in [0.1, 0.15) is 0 Å². The fourth-order valence-corrected chi connectivity index (χ4v) is 3.29. The van der Waals surface area contributed by atoms with Crippen LogP contribution in [0.5, 0.6) is 17.4 Å². The van der Waals surface area contributed by atoms with Crippen molar-refractivity contribution in [2.75, 3.05) is 24.4 Å². The molecule has 178 valence electrons. The number of nitrogens with zero attached hydrogens (tertiary/aromatic N) is 2. The first-order chi connectivity index (χ1) is 16.9. The highest BCUT2D eigenvalue weighted by Crippen LogP contribution is 2.36. The molecule has 1 aromatic heterocycles. The van der Waals surface area contributed by atoms with Gasteiger partial charge in [0.05, 0.1) is 12.6 Å². The molecule has 0 radical (unpaired) electrons. The first-order valence-corrected chi connectivity index (χ1v) is 10.7. The zero-order chi connectivity index (χ0) is 24.8. The van der Waals surface area contributed by atoms with Crippen LogP contribution in [0.25, 0.3) is 10.9 Å². The third-order valence-electron chi connectivity index (χ3n) is 4.80. The maximum atomic E-state index is 12.2. The summed E-state index contributed by atoms with van der Waals surface area (Å²) in [6.07, 6.45) is 0. The van der Waals surface area contributed by atoms with Gasteiger partial charge in [-0.1, -0.05) is 11.6 Å². The Balaban J connectivity index is 1.28. The molecule has 10 nitrogen and oxygen atoms in total. The Morgan fingerprint density at radius 3 is 2.23 bits per heavy atom. The zero-order valence-electron chi connectivity index (χ0n) is 18.4.